The summed E-state index contributed by atoms with van der Waals surface area (Å²) in [5.41, 5.74) is 0. The Morgan fingerprint density at radius 3 is 2.38 bits per heavy atom. The molecular weight excluding hydrogens is 192 g/mol. The molecule has 0 radical (unpaired) electrons. The quantitative estimate of drug-likeness (QED) is 0.634. The third-order valence-electron chi connectivity index (χ3n) is 2.35. The molecule has 0 heterocycles. The van der Waals surface area contributed by atoms with Gasteiger partial charge in [0, 0.05) is 19.2 Å². The standard InChI is InChI=1S/C7H16N2O3S/c8-13(11,12)9(5-2-6-10)7-3-1-4-7/h7,10H,1-6H2,(H2,8,11,12). The Labute approximate surface area is 78.7 Å². The maximum atomic E-state index is 11.1. The van der Waals surface area contributed by atoms with Crippen molar-refractivity contribution in [2.24, 2.45) is 5.14 Å². The van der Waals surface area contributed by atoms with Crippen molar-refractivity contribution in [3.8, 4) is 0 Å². The molecule has 0 amide bonds. The molecule has 0 spiro atoms. The van der Waals surface area contributed by atoms with Gasteiger partial charge in [0.2, 0.25) is 0 Å². The number of aliphatic hydroxyl groups excluding tert-OH is 1. The average molecular weight is 208 g/mol. The number of nitrogens with zero attached hydrogens (tertiary/aromatic N) is 1. The van der Waals surface area contributed by atoms with E-state index in [-0.39, 0.29) is 12.6 Å². The Bertz CT molecular complexity index is 248. The van der Waals surface area contributed by atoms with Crippen LogP contribution in [0.25, 0.3) is 0 Å². The summed E-state index contributed by atoms with van der Waals surface area (Å²) < 4.78 is 23.5. The molecule has 0 saturated heterocycles. The molecule has 1 saturated carbocycles. The largest absolute Gasteiger partial charge is 0.396 e. The van der Waals surface area contributed by atoms with Crippen LogP contribution in [-0.2, 0) is 10.2 Å². The van der Waals surface area contributed by atoms with E-state index >= 15 is 0 Å². The number of nitrogens with two attached hydrogens (primary N) is 1. The first-order valence-corrected chi connectivity index (χ1v) is 5.96. The van der Waals surface area contributed by atoms with Gasteiger partial charge in [-0.05, 0) is 19.3 Å². The van der Waals surface area contributed by atoms with Crippen molar-refractivity contribution in [2.75, 3.05) is 13.2 Å². The van der Waals surface area contributed by atoms with Crippen molar-refractivity contribution >= 4 is 10.2 Å². The fraction of sp³-hybridized carbons (Fsp3) is 1.00. The van der Waals surface area contributed by atoms with Crippen LogP contribution >= 0.6 is 0 Å². The lowest BCUT2D eigenvalue weighted by Crippen LogP contribution is -2.47. The molecule has 0 aromatic rings. The van der Waals surface area contributed by atoms with Gasteiger partial charge in [0.05, 0.1) is 0 Å². The lowest BCUT2D eigenvalue weighted by molar-refractivity contribution is 0.198. The highest BCUT2D eigenvalue weighted by atomic mass is 32.2. The highest BCUT2D eigenvalue weighted by Gasteiger charge is 2.30. The van der Waals surface area contributed by atoms with E-state index in [0.29, 0.717) is 13.0 Å². The van der Waals surface area contributed by atoms with E-state index in [9.17, 15) is 8.42 Å². The Balaban J connectivity index is 2.53. The topological polar surface area (TPSA) is 83.6 Å². The predicted octanol–water partition coefficient (Wildman–Crippen LogP) is -0.573. The lowest BCUT2D eigenvalue weighted by atomic mass is 9.93. The van der Waals surface area contributed by atoms with Crippen molar-refractivity contribution in [1.29, 1.82) is 0 Å². The van der Waals surface area contributed by atoms with Gasteiger partial charge in [-0.25, -0.2) is 5.14 Å². The van der Waals surface area contributed by atoms with Crippen LogP contribution in [0.15, 0.2) is 0 Å². The van der Waals surface area contributed by atoms with E-state index in [4.69, 9.17) is 10.2 Å². The molecule has 3 N–H and O–H groups in total. The maximum Gasteiger partial charge on any atom is 0.277 e. The van der Waals surface area contributed by atoms with Crippen LogP contribution in [0.4, 0.5) is 0 Å². The summed E-state index contributed by atoms with van der Waals surface area (Å²) in [6, 6.07) is 0.0709. The molecule has 5 nitrogen and oxygen atoms in total. The number of aliphatic hydroxyl groups is 1. The molecule has 6 heteroatoms. The summed E-state index contributed by atoms with van der Waals surface area (Å²) in [6.45, 7) is 0.332. The molecule has 0 aromatic carbocycles. The Kier molecular flexibility index (Phi) is 3.66. The fourth-order valence-electron chi connectivity index (χ4n) is 1.42. The van der Waals surface area contributed by atoms with E-state index in [1.54, 1.807) is 0 Å². The minimum Gasteiger partial charge on any atom is -0.396 e. The molecule has 1 aliphatic carbocycles. The first-order valence-electron chi connectivity index (χ1n) is 4.46. The monoisotopic (exact) mass is 208 g/mol. The first-order chi connectivity index (χ1) is 6.05. The van der Waals surface area contributed by atoms with Crippen LogP contribution in [0.5, 0.6) is 0 Å². The van der Waals surface area contributed by atoms with Gasteiger partial charge in [-0.1, -0.05) is 6.42 Å². The molecular formula is C7H16N2O3S. The number of hydrogen-bond donors (Lipinski definition) is 2. The zero-order chi connectivity index (χ0) is 9.90. The molecule has 78 valence electrons. The van der Waals surface area contributed by atoms with E-state index < -0.39 is 10.2 Å². The zero-order valence-corrected chi connectivity index (χ0v) is 8.33. The van der Waals surface area contributed by atoms with Crippen molar-refractivity contribution in [3.63, 3.8) is 0 Å². The molecule has 1 fully saturated rings. The molecule has 0 bridgehead atoms. The third kappa shape index (κ3) is 2.91. The summed E-state index contributed by atoms with van der Waals surface area (Å²) in [5.74, 6) is 0. The Hall–Kier alpha value is -0.170. The Morgan fingerprint density at radius 1 is 1.46 bits per heavy atom. The van der Waals surface area contributed by atoms with E-state index in [2.05, 4.69) is 0 Å². The summed E-state index contributed by atoms with van der Waals surface area (Å²) in [7, 11) is -3.58. The summed E-state index contributed by atoms with van der Waals surface area (Å²) in [5, 5.41) is 13.6. The average Bonchev–Trinajstić information content (AvgIpc) is 1.91. The molecule has 1 aliphatic rings. The number of hydrogen-bond acceptors (Lipinski definition) is 3. The van der Waals surface area contributed by atoms with Gasteiger partial charge in [-0.15, -0.1) is 0 Å². The zero-order valence-electron chi connectivity index (χ0n) is 7.52. The van der Waals surface area contributed by atoms with Gasteiger partial charge < -0.3 is 5.11 Å². The maximum absolute atomic E-state index is 11.1. The molecule has 1 rings (SSSR count). The van der Waals surface area contributed by atoms with Gasteiger partial charge in [0.1, 0.15) is 0 Å². The first kappa shape index (κ1) is 10.9. The van der Waals surface area contributed by atoms with Crippen molar-refractivity contribution in [3.05, 3.63) is 0 Å². The normalized spacial score (nSPS) is 19.0. The molecule has 0 aromatic heterocycles. The minimum absolute atomic E-state index is 0.00125. The van der Waals surface area contributed by atoms with Gasteiger partial charge >= 0.3 is 0 Å². The smallest absolute Gasteiger partial charge is 0.277 e. The molecule has 0 atom stereocenters. The highest BCUT2D eigenvalue weighted by Crippen LogP contribution is 2.25. The van der Waals surface area contributed by atoms with Crippen LogP contribution in [0.2, 0.25) is 0 Å². The van der Waals surface area contributed by atoms with E-state index in [1.807, 2.05) is 0 Å². The third-order valence-corrected chi connectivity index (χ3v) is 3.48. The van der Waals surface area contributed by atoms with Crippen molar-refractivity contribution in [2.45, 2.75) is 31.7 Å². The van der Waals surface area contributed by atoms with Crippen LogP contribution in [0, 0.1) is 0 Å². The summed E-state index contributed by atoms with van der Waals surface area (Å²) in [6.07, 6.45) is 3.30. The van der Waals surface area contributed by atoms with Gasteiger partial charge in [0.15, 0.2) is 0 Å². The summed E-state index contributed by atoms with van der Waals surface area (Å²) >= 11 is 0. The van der Waals surface area contributed by atoms with Gasteiger partial charge in [-0.3, -0.25) is 0 Å². The summed E-state index contributed by atoms with van der Waals surface area (Å²) in [4.78, 5) is 0. The second-order valence-corrected chi connectivity index (χ2v) is 4.82. The molecule has 0 unspecified atom stereocenters. The van der Waals surface area contributed by atoms with Crippen LogP contribution in [0.3, 0.4) is 0 Å². The molecule has 0 aliphatic heterocycles. The van der Waals surface area contributed by atoms with Crippen LogP contribution < -0.4 is 5.14 Å². The van der Waals surface area contributed by atoms with Crippen molar-refractivity contribution < 1.29 is 13.5 Å². The highest BCUT2D eigenvalue weighted by molar-refractivity contribution is 7.86. The SMILES string of the molecule is NS(=O)(=O)N(CCCO)C1CCC1. The Morgan fingerprint density at radius 2 is 2.08 bits per heavy atom. The van der Waals surface area contributed by atoms with Crippen molar-refractivity contribution in [1.82, 2.24) is 4.31 Å². The number of rotatable bonds is 5. The van der Waals surface area contributed by atoms with Crippen LogP contribution in [-0.4, -0.2) is 37.0 Å². The minimum atomic E-state index is -3.58. The van der Waals surface area contributed by atoms with E-state index in [0.717, 1.165) is 19.3 Å². The fourth-order valence-corrected chi connectivity index (χ4v) is 2.43. The molecule has 13 heavy (non-hydrogen) atoms. The lowest BCUT2D eigenvalue weighted by Gasteiger charge is -2.35. The predicted molar refractivity (Wildman–Crippen MR) is 49.2 cm³/mol. The second kappa shape index (κ2) is 4.36. The van der Waals surface area contributed by atoms with E-state index in [1.165, 1.54) is 4.31 Å². The van der Waals surface area contributed by atoms with Gasteiger partial charge in [-0.2, -0.15) is 12.7 Å². The van der Waals surface area contributed by atoms with Crippen LogP contribution in [0.1, 0.15) is 25.7 Å². The van der Waals surface area contributed by atoms with Gasteiger partial charge in [0.25, 0.3) is 10.2 Å². The second-order valence-electron chi connectivity index (χ2n) is 3.32.